The van der Waals surface area contributed by atoms with Gasteiger partial charge in [-0.05, 0) is 67.4 Å². The second-order valence-corrected chi connectivity index (χ2v) is 7.47. The number of carbonyl (C=O) groups excluding carboxylic acids is 2. The molecule has 0 atom stereocenters. The first-order valence-electron chi connectivity index (χ1n) is 10.1. The number of nitrogens with zero attached hydrogens (tertiary/aromatic N) is 1. The topological polar surface area (TPSA) is 89.6 Å². The first kappa shape index (κ1) is 23.1. The first-order valence-corrected chi connectivity index (χ1v) is 10.5. The van der Waals surface area contributed by atoms with Crippen molar-refractivity contribution in [2.75, 3.05) is 6.61 Å². The number of nitrogens with one attached hydrogen (secondary N) is 2. The molecule has 8 heteroatoms. The molecule has 1 aromatic heterocycles. The van der Waals surface area contributed by atoms with Gasteiger partial charge in [0, 0.05) is 35.0 Å². The lowest BCUT2D eigenvalue weighted by Gasteiger charge is -2.10. The highest BCUT2D eigenvalue weighted by molar-refractivity contribution is 6.30. The van der Waals surface area contributed by atoms with Crippen LogP contribution < -0.4 is 20.3 Å². The largest absolute Gasteiger partial charge is 0.493 e. The lowest BCUT2D eigenvalue weighted by Crippen LogP contribution is -2.41. The Kier molecular flexibility index (Phi) is 8.45. The number of ether oxygens (including phenoxy) is 2. The van der Waals surface area contributed by atoms with Crippen LogP contribution in [0.15, 0.2) is 67.0 Å². The molecule has 7 nitrogen and oxygen atoms in total. The Hall–Kier alpha value is -3.58. The van der Waals surface area contributed by atoms with E-state index in [9.17, 15) is 9.59 Å². The minimum atomic E-state index is -0.412. The average molecular weight is 454 g/mol. The summed E-state index contributed by atoms with van der Waals surface area (Å²) in [6.07, 6.45) is 4.15. The van der Waals surface area contributed by atoms with Crippen LogP contribution in [-0.4, -0.2) is 23.4 Å². The maximum atomic E-state index is 12.2. The maximum Gasteiger partial charge on any atom is 0.269 e. The van der Waals surface area contributed by atoms with Crippen LogP contribution >= 0.6 is 11.6 Å². The molecule has 0 aliphatic rings. The summed E-state index contributed by atoms with van der Waals surface area (Å²) >= 11 is 5.92. The van der Waals surface area contributed by atoms with Gasteiger partial charge < -0.3 is 9.47 Å². The number of hydrazine groups is 1. The van der Waals surface area contributed by atoms with Crippen molar-refractivity contribution in [1.82, 2.24) is 15.8 Å². The number of hydrogen-bond donors (Lipinski definition) is 2. The highest BCUT2D eigenvalue weighted by Crippen LogP contribution is 2.22. The number of amides is 2. The number of aryl methyl sites for hydroxylation is 1. The zero-order valence-corrected chi connectivity index (χ0v) is 18.4. The standard InChI is InChI=1S/C24H24ClN3O4/c1-17-14-20(25)8-11-22(17)31-13-3-5-23(29)27-28-24(30)19-6-9-21(10-7-19)32-16-18-4-2-12-26-15-18/h2,4,6-12,14-15H,3,5,13,16H2,1H3,(H,27,29)(H,28,30). The molecular formula is C24H24ClN3O4. The Balaban J connectivity index is 1.35. The minimum Gasteiger partial charge on any atom is -0.493 e. The van der Waals surface area contributed by atoms with Crippen LogP contribution in [-0.2, 0) is 11.4 Å². The number of hydrogen-bond acceptors (Lipinski definition) is 5. The highest BCUT2D eigenvalue weighted by atomic mass is 35.5. The van der Waals surface area contributed by atoms with Gasteiger partial charge in [-0.1, -0.05) is 17.7 Å². The number of aromatic nitrogens is 1. The van der Waals surface area contributed by atoms with Crippen LogP contribution in [0.3, 0.4) is 0 Å². The van der Waals surface area contributed by atoms with Crippen LogP contribution in [0, 0.1) is 6.92 Å². The van der Waals surface area contributed by atoms with E-state index in [0.29, 0.717) is 36.0 Å². The third-order valence-electron chi connectivity index (χ3n) is 4.50. The molecule has 0 saturated carbocycles. The van der Waals surface area contributed by atoms with Gasteiger partial charge in [0.1, 0.15) is 18.1 Å². The summed E-state index contributed by atoms with van der Waals surface area (Å²) < 4.78 is 11.3. The SMILES string of the molecule is Cc1cc(Cl)ccc1OCCCC(=O)NNC(=O)c1ccc(OCc2cccnc2)cc1. The fourth-order valence-electron chi connectivity index (χ4n) is 2.80. The van der Waals surface area contributed by atoms with Gasteiger partial charge in [0.15, 0.2) is 0 Å². The Morgan fingerprint density at radius 3 is 2.56 bits per heavy atom. The summed E-state index contributed by atoms with van der Waals surface area (Å²) in [6, 6.07) is 15.8. The van der Waals surface area contributed by atoms with Crippen molar-refractivity contribution in [2.24, 2.45) is 0 Å². The van der Waals surface area contributed by atoms with Gasteiger partial charge in [-0.15, -0.1) is 0 Å². The molecule has 0 saturated heterocycles. The molecule has 0 spiro atoms. The van der Waals surface area contributed by atoms with Crippen LogP contribution in [0.1, 0.15) is 34.3 Å². The zero-order valence-electron chi connectivity index (χ0n) is 17.6. The second kappa shape index (κ2) is 11.7. The Bertz CT molecular complexity index is 1040. The monoisotopic (exact) mass is 453 g/mol. The van der Waals surface area contributed by atoms with Gasteiger partial charge in [0.2, 0.25) is 5.91 Å². The second-order valence-electron chi connectivity index (χ2n) is 7.04. The number of carbonyl (C=O) groups is 2. The van der Waals surface area contributed by atoms with E-state index in [1.165, 1.54) is 0 Å². The van der Waals surface area contributed by atoms with Crippen molar-refractivity contribution < 1.29 is 19.1 Å². The molecule has 1 heterocycles. The molecule has 0 fully saturated rings. The van der Waals surface area contributed by atoms with Gasteiger partial charge in [-0.2, -0.15) is 0 Å². The molecule has 0 aliphatic carbocycles. The fraction of sp³-hybridized carbons (Fsp3) is 0.208. The molecule has 2 N–H and O–H groups in total. The molecule has 3 rings (SSSR count). The van der Waals surface area contributed by atoms with Gasteiger partial charge in [-0.3, -0.25) is 25.4 Å². The lowest BCUT2D eigenvalue weighted by molar-refractivity contribution is -0.122. The number of pyridine rings is 1. The lowest BCUT2D eigenvalue weighted by atomic mass is 10.2. The van der Waals surface area contributed by atoms with E-state index in [-0.39, 0.29) is 12.3 Å². The van der Waals surface area contributed by atoms with Crippen LogP contribution in [0.25, 0.3) is 0 Å². The zero-order chi connectivity index (χ0) is 22.8. The molecule has 0 aliphatic heterocycles. The summed E-state index contributed by atoms with van der Waals surface area (Å²) in [6.45, 7) is 2.67. The molecule has 3 aromatic rings. The first-order chi connectivity index (χ1) is 15.5. The van der Waals surface area contributed by atoms with E-state index in [4.69, 9.17) is 21.1 Å². The van der Waals surface area contributed by atoms with Crippen molar-refractivity contribution in [3.05, 3.63) is 88.7 Å². The summed E-state index contributed by atoms with van der Waals surface area (Å²) in [4.78, 5) is 28.2. The number of rotatable bonds is 9. The maximum absolute atomic E-state index is 12.2. The van der Waals surface area contributed by atoms with E-state index in [2.05, 4.69) is 15.8 Å². The number of halogens is 1. The highest BCUT2D eigenvalue weighted by Gasteiger charge is 2.08. The van der Waals surface area contributed by atoms with Crippen molar-refractivity contribution in [3.8, 4) is 11.5 Å². The Morgan fingerprint density at radius 1 is 1.03 bits per heavy atom. The molecule has 0 bridgehead atoms. The third kappa shape index (κ3) is 7.28. The third-order valence-corrected chi connectivity index (χ3v) is 4.74. The van der Waals surface area contributed by atoms with Crippen LogP contribution in [0.5, 0.6) is 11.5 Å². The van der Waals surface area contributed by atoms with Crippen molar-refractivity contribution in [3.63, 3.8) is 0 Å². The summed E-state index contributed by atoms with van der Waals surface area (Å²) in [7, 11) is 0. The molecular weight excluding hydrogens is 430 g/mol. The Labute approximate surface area is 191 Å². The molecule has 0 radical (unpaired) electrons. The van der Waals surface area contributed by atoms with E-state index < -0.39 is 5.91 Å². The van der Waals surface area contributed by atoms with Crippen molar-refractivity contribution in [1.29, 1.82) is 0 Å². The summed E-state index contributed by atoms with van der Waals surface area (Å²) in [5.41, 5.74) is 7.10. The van der Waals surface area contributed by atoms with Crippen molar-refractivity contribution >= 4 is 23.4 Å². The van der Waals surface area contributed by atoms with E-state index in [1.807, 2.05) is 25.1 Å². The summed E-state index contributed by atoms with van der Waals surface area (Å²) in [5.74, 6) is 0.651. The van der Waals surface area contributed by atoms with E-state index >= 15 is 0 Å². The van der Waals surface area contributed by atoms with Gasteiger partial charge in [0.25, 0.3) is 5.91 Å². The Morgan fingerprint density at radius 2 is 1.84 bits per heavy atom. The number of benzene rings is 2. The predicted molar refractivity (Wildman–Crippen MR) is 122 cm³/mol. The normalized spacial score (nSPS) is 10.3. The van der Waals surface area contributed by atoms with Gasteiger partial charge >= 0.3 is 0 Å². The van der Waals surface area contributed by atoms with Crippen LogP contribution in [0.2, 0.25) is 5.02 Å². The smallest absolute Gasteiger partial charge is 0.269 e. The average Bonchev–Trinajstić information content (AvgIpc) is 2.81. The van der Waals surface area contributed by atoms with Crippen LogP contribution in [0.4, 0.5) is 0 Å². The van der Waals surface area contributed by atoms with Gasteiger partial charge in [-0.25, -0.2) is 0 Å². The molecule has 0 unspecified atom stereocenters. The predicted octanol–water partition coefficient (Wildman–Crippen LogP) is 4.24. The molecule has 2 aromatic carbocycles. The van der Waals surface area contributed by atoms with Gasteiger partial charge in [0.05, 0.1) is 6.61 Å². The quantitative estimate of drug-likeness (QED) is 0.373. The molecule has 32 heavy (non-hydrogen) atoms. The summed E-state index contributed by atoms with van der Waals surface area (Å²) in [5, 5.41) is 0.650. The minimum absolute atomic E-state index is 0.216. The molecule has 2 amide bonds. The molecule has 166 valence electrons. The van der Waals surface area contributed by atoms with E-state index in [1.54, 1.807) is 48.8 Å². The van der Waals surface area contributed by atoms with Crippen molar-refractivity contribution in [2.45, 2.75) is 26.4 Å². The van der Waals surface area contributed by atoms with E-state index in [0.717, 1.165) is 16.9 Å². The fourth-order valence-corrected chi connectivity index (χ4v) is 3.03.